The van der Waals surface area contributed by atoms with Crippen LogP contribution in [0.5, 0.6) is 0 Å². The van der Waals surface area contributed by atoms with Crippen LogP contribution in [0.25, 0.3) is 0 Å². The molecule has 0 bridgehead atoms. The van der Waals surface area contributed by atoms with Gasteiger partial charge in [0, 0.05) is 19.8 Å². The molecule has 0 aromatic heterocycles. The van der Waals surface area contributed by atoms with E-state index in [0.717, 1.165) is 0 Å². The van der Waals surface area contributed by atoms with Gasteiger partial charge in [-0.05, 0) is 0 Å². The predicted octanol–water partition coefficient (Wildman–Crippen LogP) is 1.03. The minimum Gasteiger partial charge on any atom is -0.348 e. The second kappa shape index (κ2) is 3.28. The first-order chi connectivity index (χ1) is 4.41. The van der Waals surface area contributed by atoms with Gasteiger partial charge in [-0.2, -0.15) is 12.6 Å². The zero-order chi connectivity index (χ0) is 8.36. The van der Waals surface area contributed by atoms with E-state index in [4.69, 9.17) is 0 Å². The van der Waals surface area contributed by atoms with Crippen molar-refractivity contribution in [3.63, 3.8) is 0 Å². The Balaban J connectivity index is 4.19. The molecule has 0 aromatic rings. The van der Waals surface area contributed by atoms with E-state index in [1.807, 2.05) is 13.8 Å². The molecule has 0 N–H and O–H groups in total. The molecule has 60 valence electrons. The van der Waals surface area contributed by atoms with Gasteiger partial charge < -0.3 is 4.90 Å². The van der Waals surface area contributed by atoms with E-state index in [1.165, 1.54) is 0 Å². The molecule has 0 rings (SSSR count). The lowest BCUT2D eigenvalue weighted by Crippen LogP contribution is -2.37. The number of rotatable bonds is 2. The van der Waals surface area contributed by atoms with Crippen LogP contribution in [-0.2, 0) is 4.79 Å². The van der Waals surface area contributed by atoms with Crippen molar-refractivity contribution in [3.8, 4) is 0 Å². The lowest BCUT2D eigenvalue weighted by Gasteiger charge is -2.24. The lowest BCUT2D eigenvalue weighted by molar-refractivity contribution is -0.136. The summed E-state index contributed by atoms with van der Waals surface area (Å²) in [6.45, 7) is 3.78. The first kappa shape index (κ1) is 9.82. The zero-order valence-corrected chi connectivity index (χ0v) is 7.90. The van der Waals surface area contributed by atoms with Crippen molar-refractivity contribution < 1.29 is 4.79 Å². The van der Waals surface area contributed by atoms with Gasteiger partial charge in [-0.1, -0.05) is 13.8 Å². The summed E-state index contributed by atoms with van der Waals surface area (Å²) >= 11 is 4.09. The van der Waals surface area contributed by atoms with Crippen molar-refractivity contribution in [2.75, 3.05) is 19.8 Å². The molecular weight excluding hydrogens is 146 g/mol. The molecule has 2 nitrogen and oxygen atoms in total. The summed E-state index contributed by atoms with van der Waals surface area (Å²) in [6, 6.07) is 0. The first-order valence-electron chi connectivity index (χ1n) is 3.24. The van der Waals surface area contributed by atoms with Gasteiger partial charge in [0.2, 0.25) is 5.91 Å². The average molecular weight is 161 g/mol. The number of carbonyl (C=O) groups excluding carboxylic acids is 1. The van der Waals surface area contributed by atoms with Crippen molar-refractivity contribution in [2.45, 2.75) is 13.8 Å². The fourth-order valence-corrected chi connectivity index (χ4v) is 0.808. The fourth-order valence-electron chi connectivity index (χ4n) is 0.673. The molecule has 0 fully saturated rings. The smallest absolute Gasteiger partial charge is 0.228 e. The molecule has 1 amide bonds. The highest BCUT2D eigenvalue weighted by molar-refractivity contribution is 7.80. The van der Waals surface area contributed by atoms with Gasteiger partial charge in [0.25, 0.3) is 0 Å². The summed E-state index contributed by atoms with van der Waals surface area (Å²) in [5.41, 5.74) is -0.327. The fraction of sp³-hybridized carbons (Fsp3) is 0.857. The molecule has 0 aromatic carbocycles. The van der Waals surface area contributed by atoms with E-state index in [2.05, 4.69) is 12.6 Å². The molecule has 0 atom stereocenters. The van der Waals surface area contributed by atoms with Crippen LogP contribution in [0.15, 0.2) is 0 Å². The van der Waals surface area contributed by atoms with Gasteiger partial charge in [0.15, 0.2) is 0 Å². The number of carbonyl (C=O) groups is 1. The van der Waals surface area contributed by atoms with Crippen molar-refractivity contribution in [1.82, 2.24) is 4.90 Å². The maximum absolute atomic E-state index is 11.3. The van der Waals surface area contributed by atoms with Crippen LogP contribution < -0.4 is 0 Å². The predicted molar refractivity (Wildman–Crippen MR) is 46.3 cm³/mol. The Morgan fingerprint density at radius 1 is 1.50 bits per heavy atom. The van der Waals surface area contributed by atoms with Gasteiger partial charge in [-0.15, -0.1) is 0 Å². The van der Waals surface area contributed by atoms with Crippen molar-refractivity contribution >= 4 is 18.5 Å². The molecule has 10 heavy (non-hydrogen) atoms. The highest BCUT2D eigenvalue weighted by Gasteiger charge is 2.26. The Kier molecular flexibility index (Phi) is 3.22. The highest BCUT2D eigenvalue weighted by Crippen LogP contribution is 2.18. The van der Waals surface area contributed by atoms with Crippen molar-refractivity contribution in [1.29, 1.82) is 0 Å². The maximum Gasteiger partial charge on any atom is 0.228 e. The normalized spacial score (nSPS) is 11.3. The quantitative estimate of drug-likeness (QED) is 0.600. The van der Waals surface area contributed by atoms with E-state index >= 15 is 0 Å². The van der Waals surface area contributed by atoms with E-state index in [9.17, 15) is 4.79 Å². The standard InChI is InChI=1S/C7H15NOS/c1-7(2,5-10)6(9)8(3)4/h10H,5H2,1-4H3. The van der Waals surface area contributed by atoms with Crippen LogP contribution in [-0.4, -0.2) is 30.7 Å². The Morgan fingerprint density at radius 3 is 2.00 bits per heavy atom. The molecular formula is C7H15NOS. The molecule has 0 aliphatic rings. The van der Waals surface area contributed by atoms with Gasteiger partial charge in [0.1, 0.15) is 0 Å². The molecule has 0 aliphatic carbocycles. The zero-order valence-electron chi connectivity index (χ0n) is 7.01. The van der Waals surface area contributed by atoms with E-state index in [0.29, 0.717) is 5.75 Å². The topological polar surface area (TPSA) is 20.3 Å². The van der Waals surface area contributed by atoms with Crippen molar-refractivity contribution in [2.24, 2.45) is 5.41 Å². The molecule has 0 radical (unpaired) electrons. The maximum atomic E-state index is 11.3. The third-order valence-electron chi connectivity index (χ3n) is 1.38. The summed E-state index contributed by atoms with van der Waals surface area (Å²) in [7, 11) is 3.51. The monoisotopic (exact) mass is 161 g/mol. The van der Waals surface area contributed by atoms with E-state index in [-0.39, 0.29) is 11.3 Å². The number of nitrogens with zero attached hydrogens (tertiary/aromatic N) is 1. The van der Waals surface area contributed by atoms with Crippen LogP contribution in [0, 0.1) is 5.41 Å². The number of hydrogen-bond donors (Lipinski definition) is 1. The van der Waals surface area contributed by atoms with Gasteiger partial charge in [0.05, 0.1) is 5.41 Å². The van der Waals surface area contributed by atoms with Gasteiger partial charge in [-0.3, -0.25) is 4.79 Å². The summed E-state index contributed by atoms with van der Waals surface area (Å²) < 4.78 is 0. The van der Waals surface area contributed by atoms with Crippen molar-refractivity contribution in [3.05, 3.63) is 0 Å². The Labute approximate surface area is 68.0 Å². The van der Waals surface area contributed by atoms with Crippen LogP contribution >= 0.6 is 12.6 Å². The second-order valence-corrected chi connectivity index (χ2v) is 3.56. The van der Waals surface area contributed by atoms with Crippen LogP contribution in [0.4, 0.5) is 0 Å². The molecule has 3 heteroatoms. The second-order valence-electron chi connectivity index (χ2n) is 3.24. The third-order valence-corrected chi connectivity index (χ3v) is 2.17. The molecule has 0 saturated carbocycles. The molecule has 0 spiro atoms. The van der Waals surface area contributed by atoms with Crippen LogP contribution in [0.1, 0.15) is 13.8 Å². The third kappa shape index (κ3) is 2.21. The van der Waals surface area contributed by atoms with Crippen LogP contribution in [0.3, 0.4) is 0 Å². The van der Waals surface area contributed by atoms with E-state index in [1.54, 1.807) is 19.0 Å². The average Bonchev–Trinajstić information content (AvgIpc) is 1.86. The molecule has 0 unspecified atom stereocenters. The molecule has 0 heterocycles. The minimum atomic E-state index is -0.327. The SMILES string of the molecule is CN(C)C(=O)C(C)(C)CS. The number of amides is 1. The largest absolute Gasteiger partial charge is 0.348 e. The van der Waals surface area contributed by atoms with Gasteiger partial charge in [-0.25, -0.2) is 0 Å². The number of thiol groups is 1. The summed E-state index contributed by atoms with van der Waals surface area (Å²) in [5, 5.41) is 0. The summed E-state index contributed by atoms with van der Waals surface area (Å²) in [6.07, 6.45) is 0. The van der Waals surface area contributed by atoms with Gasteiger partial charge >= 0.3 is 0 Å². The van der Waals surface area contributed by atoms with Crippen LogP contribution in [0.2, 0.25) is 0 Å². The molecule has 0 saturated heterocycles. The van der Waals surface area contributed by atoms with E-state index < -0.39 is 0 Å². The molecule has 0 aliphatic heterocycles. The Morgan fingerprint density at radius 2 is 1.90 bits per heavy atom. The Hall–Kier alpha value is -0.180. The minimum absolute atomic E-state index is 0.127. The lowest BCUT2D eigenvalue weighted by atomic mass is 9.95. The first-order valence-corrected chi connectivity index (χ1v) is 3.87. The number of hydrogen-bond acceptors (Lipinski definition) is 2. The highest BCUT2D eigenvalue weighted by atomic mass is 32.1. The summed E-state index contributed by atoms with van der Waals surface area (Å²) in [5.74, 6) is 0.715. The summed E-state index contributed by atoms with van der Waals surface area (Å²) in [4.78, 5) is 12.9. The Bertz CT molecular complexity index is 132.